The molecule has 2 aromatic rings. The van der Waals surface area contributed by atoms with Crippen LogP contribution in [0, 0.1) is 0 Å². The SMILES string of the molecule is COc1ccc(C(=O)N[C@@H](C)c2ccc(S(C)(=O)=O)cc2)cc1. The van der Waals surface area contributed by atoms with Gasteiger partial charge < -0.3 is 10.1 Å². The number of carbonyl (C=O) groups excluding carboxylic acids is 1. The second-order valence-electron chi connectivity index (χ2n) is 5.26. The molecule has 0 bridgehead atoms. The van der Waals surface area contributed by atoms with Gasteiger partial charge in [-0.05, 0) is 48.9 Å². The second kappa shape index (κ2) is 6.83. The Labute approximate surface area is 136 Å². The third kappa shape index (κ3) is 4.32. The van der Waals surface area contributed by atoms with Crippen molar-refractivity contribution in [2.45, 2.75) is 17.9 Å². The van der Waals surface area contributed by atoms with Gasteiger partial charge >= 0.3 is 0 Å². The summed E-state index contributed by atoms with van der Waals surface area (Å²) in [7, 11) is -1.65. The standard InChI is InChI=1S/C17H19NO4S/c1-12(13-6-10-16(11-7-13)23(3,20)21)18-17(19)14-4-8-15(22-2)9-5-14/h4-12H,1-3H3,(H,18,19)/t12-/m0/s1. The van der Waals surface area contributed by atoms with Crippen molar-refractivity contribution >= 4 is 15.7 Å². The maximum Gasteiger partial charge on any atom is 0.251 e. The van der Waals surface area contributed by atoms with E-state index in [1.54, 1.807) is 55.6 Å². The number of benzene rings is 2. The van der Waals surface area contributed by atoms with Gasteiger partial charge in [-0.15, -0.1) is 0 Å². The van der Waals surface area contributed by atoms with Gasteiger partial charge in [0.15, 0.2) is 9.84 Å². The lowest BCUT2D eigenvalue weighted by Crippen LogP contribution is -2.26. The fourth-order valence-corrected chi connectivity index (χ4v) is 2.74. The fraction of sp³-hybridized carbons (Fsp3) is 0.235. The van der Waals surface area contributed by atoms with Gasteiger partial charge in [-0.25, -0.2) is 8.42 Å². The van der Waals surface area contributed by atoms with E-state index in [0.717, 1.165) is 11.8 Å². The molecule has 0 unspecified atom stereocenters. The summed E-state index contributed by atoms with van der Waals surface area (Å²) in [5, 5.41) is 2.88. The van der Waals surface area contributed by atoms with Gasteiger partial charge in [0.25, 0.3) is 5.91 Å². The van der Waals surface area contributed by atoms with E-state index in [0.29, 0.717) is 11.3 Å². The number of hydrogen-bond acceptors (Lipinski definition) is 4. The molecule has 0 saturated heterocycles. The van der Waals surface area contributed by atoms with Gasteiger partial charge in [0, 0.05) is 11.8 Å². The molecule has 1 atom stereocenters. The van der Waals surface area contributed by atoms with E-state index in [4.69, 9.17) is 4.74 Å². The van der Waals surface area contributed by atoms with E-state index in [1.807, 2.05) is 6.92 Å². The van der Waals surface area contributed by atoms with Crippen LogP contribution in [-0.4, -0.2) is 27.7 Å². The van der Waals surface area contributed by atoms with Crippen LogP contribution in [0.3, 0.4) is 0 Å². The average Bonchev–Trinajstić information content (AvgIpc) is 2.54. The molecular weight excluding hydrogens is 314 g/mol. The van der Waals surface area contributed by atoms with Gasteiger partial charge in [-0.1, -0.05) is 12.1 Å². The predicted molar refractivity (Wildman–Crippen MR) is 88.4 cm³/mol. The molecule has 0 aliphatic carbocycles. The first kappa shape index (κ1) is 17.0. The molecule has 2 rings (SSSR count). The summed E-state index contributed by atoms with van der Waals surface area (Å²) in [6.45, 7) is 1.84. The van der Waals surface area contributed by atoms with Crippen molar-refractivity contribution in [3.63, 3.8) is 0 Å². The molecule has 122 valence electrons. The zero-order valence-electron chi connectivity index (χ0n) is 13.2. The van der Waals surface area contributed by atoms with E-state index in [1.165, 1.54) is 0 Å². The van der Waals surface area contributed by atoms with Crippen LogP contribution in [0.5, 0.6) is 5.75 Å². The van der Waals surface area contributed by atoms with Crippen molar-refractivity contribution in [1.82, 2.24) is 5.32 Å². The Kier molecular flexibility index (Phi) is 5.05. The number of sulfone groups is 1. The van der Waals surface area contributed by atoms with Crippen molar-refractivity contribution in [1.29, 1.82) is 0 Å². The zero-order chi connectivity index (χ0) is 17.0. The average molecular weight is 333 g/mol. The molecule has 5 nitrogen and oxygen atoms in total. The molecule has 0 fully saturated rings. The van der Waals surface area contributed by atoms with E-state index in [2.05, 4.69) is 5.32 Å². The lowest BCUT2D eigenvalue weighted by molar-refractivity contribution is 0.0940. The highest BCUT2D eigenvalue weighted by Gasteiger charge is 2.13. The largest absolute Gasteiger partial charge is 0.497 e. The quantitative estimate of drug-likeness (QED) is 0.913. The van der Waals surface area contributed by atoms with Crippen molar-refractivity contribution < 1.29 is 17.9 Å². The summed E-state index contributed by atoms with van der Waals surface area (Å²) in [4.78, 5) is 12.5. The highest BCUT2D eigenvalue weighted by molar-refractivity contribution is 7.90. The van der Waals surface area contributed by atoms with Crippen LogP contribution >= 0.6 is 0 Å². The van der Waals surface area contributed by atoms with Crippen LogP contribution in [0.25, 0.3) is 0 Å². The number of ether oxygens (including phenoxy) is 1. The van der Waals surface area contributed by atoms with E-state index < -0.39 is 9.84 Å². The Hall–Kier alpha value is -2.34. The molecule has 1 amide bonds. The van der Waals surface area contributed by atoms with E-state index >= 15 is 0 Å². The Morgan fingerprint density at radius 1 is 1.04 bits per heavy atom. The predicted octanol–water partition coefficient (Wildman–Crippen LogP) is 2.59. The number of amides is 1. The Bertz CT molecular complexity index is 780. The molecule has 0 aromatic heterocycles. The molecule has 6 heteroatoms. The number of hydrogen-bond donors (Lipinski definition) is 1. The molecule has 0 aliphatic heterocycles. The third-order valence-electron chi connectivity index (χ3n) is 3.51. The maximum atomic E-state index is 12.2. The number of rotatable bonds is 5. The zero-order valence-corrected chi connectivity index (χ0v) is 14.1. The third-order valence-corrected chi connectivity index (χ3v) is 4.64. The van der Waals surface area contributed by atoms with Crippen LogP contribution in [0.4, 0.5) is 0 Å². The summed E-state index contributed by atoms with van der Waals surface area (Å²) in [5.74, 6) is 0.485. The Morgan fingerprint density at radius 2 is 1.61 bits per heavy atom. The smallest absolute Gasteiger partial charge is 0.251 e. The first-order valence-corrected chi connectivity index (χ1v) is 8.95. The highest BCUT2D eigenvalue weighted by atomic mass is 32.2. The fourth-order valence-electron chi connectivity index (χ4n) is 2.11. The van der Waals surface area contributed by atoms with Crippen LogP contribution in [-0.2, 0) is 9.84 Å². The molecule has 0 aliphatic rings. The van der Waals surface area contributed by atoms with Gasteiger partial charge in [0.05, 0.1) is 18.0 Å². The van der Waals surface area contributed by atoms with Crippen LogP contribution in [0.1, 0.15) is 28.9 Å². The van der Waals surface area contributed by atoms with Crippen molar-refractivity contribution in [2.75, 3.05) is 13.4 Å². The summed E-state index contributed by atoms with van der Waals surface area (Å²) in [6, 6.07) is 13.1. The topological polar surface area (TPSA) is 72.5 Å². The molecular formula is C17H19NO4S. The summed E-state index contributed by atoms with van der Waals surface area (Å²) >= 11 is 0. The molecule has 0 heterocycles. The number of nitrogens with one attached hydrogen (secondary N) is 1. The molecule has 0 saturated carbocycles. The van der Waals surface area contributed by atoms with Crippen molar-refractivity contribution in [3.8, 4) is 5.75 Å². The first-order valence-electron chi connectivity index (χ1n) is 7.06. The molecule has 0 spiro atoms. The van der Waals surface area contributed by atoms with Gasteiger partial charge in [0.2, 0.25) is 0 Å². The van der Waals surface area contributed by atoms with Crippen LogP contribution in [0.15, 0.2) is 53.4 Å². The maximum absolute atomic E-state index is 12.2. The number of methoxy groups -OCH3 is 1. The number of carbonyl (C=O) groups is 1. The summed E-state index contributed by atoms with van der Waals surface area (Å²) in [5.41, 5.74) is 1.37. The normalized spacial score (nSPS) is 12.5. The highest BCUT2D eigenvalue weighted by Crippen LogP contribution is 2.17. The van der Waals surface area contributed by atoms with E-state index in [9.17, 15) is 13.2 Å². The van der Waals surface area contributed by atoms with Crippen LogP contribution in [0.2, 0.25) is 0 Å². The summed E-state index contributed by atoms with van der Waals surface area (Å²) in [6.07, 6.45) is 1.16. The monoisotopic (exact) mass is 333 g/mol. The minimum atomic E-state index is -3.22. The Morgan fingerprint density at radius 3 is 2.09 bits per heavy atom. The second-order valence-corrected chi connectivity index (χ2v) is 7.28. The lowest BCUT2D eigenvalue weighted by Gasteiger charge is -2.15. The first-order chi connectivity index (χ1) is 10.8. The van der Waals surface area contributed by atoms with Crippen molar-refractivity contribution in [2.24, 2.45) is 0 Å². The molecule has 2 aromatic carbocycles. The van der Waals surface area contributed by atoms with Gasteiger partial charge in [-0.2, -0.15) is 0 Å². The van der Waals surface area contributed by atoms with Crippen molar-refractivity contribution in [3.05, 3.63) is 59.7 Å². The molecule has 23 heavy (non-hydrogen) atoms. The van der Waals surface area contributed by atoms with Gasteiger partial charge in [0.1, 0.15) is 5.75 Å². The van der Waals surface area contributed by atoms with E-state index in [-0.39, 0.29) is 16.8 Å². The summed E-state index contributed by atoms with van der Waals surface area (Å²) < 4.78 is 28.0. The Balaban J connectivity index is 2.08. The minimum absolute atomic E-state index is 0.202. The molecule has 1 N–H and O–H groups in total. The lowest BCUT2D eigenvalue weighted by atomic mass is 10.1. The van der Waals surface area contributed by atoms with Crippen LogP contribution < -0.4 is 10.1 Å². The minimum Gasteiger partial charge on any atom is -0.497 e. The van der Waals surface area contributed by atoms with Gasteiger partial charge in [-0.3, -0.25) is 4.79 Å². The molecule has 0 radical (unpaired) electrons.